The molecule has 1 aliphatic heterocycles. The molecule has 6 nitrogen and oxygen atoms in total. The summed E-state index contributed by atoms with van der Waals surface area (Å²) in [7, 11) is 0. The highest BCUT2D eigenvalue weighted by Gasteiger charge is 2.28. The molecule has 0 unspecified atom stereocenters. The molecule has 0 spiro atoms. The van der Waals surface area contributed by atoms with Gasteiger partial charge in [-0.05, 0) is 40.5 Å². The summed E-state index contributed by atoms with van der Waals surface area (Å²) < 4.78 is 5.37. The molecular weight excluding hydrogens is 270 g/mol. The Morgan fingerprint density at radius 2 is 2.00 bits per heavy atom. The van der Waals surface area contributed by atoms with Crippen LogP contribution < -0.4 is 5.56 Å². The van der Waals surface area contributed by atoms with Crippen LogP contribution in [0.2, 0.25) is 0 Å². The fourth-order valence-corrected chi connectivity index (χ4v) is 2.50. The van der Waals surface area contributed by atoms with Crippen LogP contribution >= 0.6 is 0 Å². The summed E-state index contributed by atoms with van der Waals surface area (Å²) in [5, 5.41) is 0. The quantitative estimate of drug-likeness (QED) is 0.861. The predicted molar refractivity (Wildman–Crippen MR) is 79.4 cm³/mol. The van der Waals surface area contributed by atoms with E-state index in [0.29, 0.717) is 18.9 Å². The summed E-state index contributed by atoms with van der Waals surface area (Å²) in [6, 6.07) is 1.56. The van der Waals surface area contributed by atoms with Crippen molar-refractivity contribution in [2.75, 3.05) is 13.1 Å². The molecule has 1 fully saturated rings. The van der Waals surface area contributed by atoms with Crippen molar-refractivity contribution in [1.82, 2.24) is 14.9 Å². The normalized spacial score (nSPS) is 16.9. The molecule has 116 valence electrons. The number of rotatable bonds is 1. The first-order valence-electron chi connectivity index (χ1n) is 7.30. The van der Waals surface area contributed by atoms with Crippen LogP contribution in [0.4, 0.5) is 4.79 Å². The molecule has 1 saturated heterocycles. The van der Waals surface area contributed by atoms with Gasteiger partial charge in [0.05, 0.1) is 5.69 Å². The fourth-order valence-electron chi connectivity index (χ4n) is 2.50. The number of likely N-dealkylation sites (tertiary alicyclic amines) is 1. The molecule has 0 aromatic carbocycles. The van der Waals surface area contributed by atoms with Crippen LogP contribution in [0.25, 0.3) is 0 Å². The van der Waals surface area contributed by atoms with E-state index in [-0.39, 0.29) is 17.6 Å². The van der Waals surface area contributed by atoms with Gasteiger partial charge in [-0.3, -0.25) is 4.79 Å². The lowest BCUT2D eigenvalue weighted by Crippen LogP contribution is -2.41. The molecule has 6 heteroatoms. The highest BCUT2D eigenvalue weighted by Crippen LogP contribution is 2.26. The van der Waals surface area contributed by atoms with Crippen molar-refractivity contribution in [3.8, 4) is 0 Å². The Bertz CT molecular complexity index is 566. The number of amides is 1. The van der Waals surface area contributed by atoms with E-state index in [2.05, 4.69) is 9.97 Å². The van der Waals surface area contributed by atoms with E-state index >= 15 is 0 Å². The Kier molecular flexibility index (Phi) is 4.34. The molecule has 1 amide bonds. The summed E-state index contributed by atoms with van der Waals surface area (Å²) in [5.41, 5.74) is 0.228. The number of hydrogen-bond donors (Lipinski definition) is 1. The minimum absolute atomic E-state index is 0.118. The molecule has 1 aromatic rings. The molecule has 21 heavy (non-hydrogen) atoms. The first-order valence-corrected chi connectivity index (χ1v) is 7.30. The molecular formula is C15H23N3O3. The topological polar surface area (TPSA) is 75.3 Å². The maximum atomic E-state index is 12.0. The van der Waals surface area contributed by atoms with E-state index in [9.17, 15) is 9.59 Å². The lowest BCUT2D eigenvalue weighted by molar-refractivity contribution is 0.0204. The smallest absolute Gasteiger partial charge is 0.410 e. The number of H-pyrrole nitrogens is 1. The van der Waals surface area contributed by atoms with Crippen molar-refractivity contribution in [3.63, 3.8) is 0 Å². The van der Waals surface area contributed by atoms with Crippen molar-refractivity contribution >= 4 is 6.09 Å². The zero-order valence-electron chi connectivity index (χ0n) is 13.1. The van der Waals surface area contributed by atoms with Crippen molar-refractivity contribution in [2.24, 2.45) is 0 Å². The third-order valence-corrected chi connectivity index (χ3v) is 3.44. The first-order chi connectivity index (χ1) is 9.74. The van der Waals surface area contributed by atoms with Gasteiger partial charge in [-0.15, -0.1) is 0 Å². The summed E-state index contributed by atoms with van der Waals surface area (Å²) in [6.07, 6.45) is 1.33. The Morgan fingerprint density at radius 1 is 1.38 bits per heavy atom. The largest absolute Gasteiger partial charge is 0.444 e. The molecule has 2 heterocycles. The number of ether oxygens (including phenoxy) is 1. The second-order valence-electron chi connectivity index (χ2n) is 6.50. The molecule has 0 bridgehead atoms. The average Bonchev–Trinajstić information content (AvgIpc) is 2.35. The number of aromatic nitrogens is 2. The van der Waals surface area contributed by atoms with Crippen LogP contribution in [0.3, 0.4) is 0 Å². The van der Waals surface area contributed by atoms with Crippen LogP contribution in [0.1, 0.15) is 51.0 Å². The van der Waals surface area contributed by atoms with Gasteiger partial charge in [0.25, 0.3) is 5.56 Å². The maximum absolute atomic E-state index is 12.0. The van der Waals surface area contributed by atoms with Gasteiger partial charge in [0.2, 0.25) is 0 Å². The Labute approximate surface area is 124 Å². The lowest BCUT2D eigenvalue weighted by atomic mass is 9.93. The maximum Gasteiger partial charge on any atom is 0.410 e. The van der Waals surface area contributed by atoms with E-state index < -0.39 is 5.60 Å². The standard InChI is InChI=1S/C15H23N3O3/c1-10-16-12(9-13(19)17-10)11-5-7-18(8-6-11)14(20)21-15(2,3)4/h9,11H,5-8H2,1-4H3,(H,16,17,19). The molecule has 0 atom stereocenters. The van der Waals surface area contributed by atoms with Crippen molar-refractivity contribution in [1.29, 1.82) is 0 Å². The Balaban J connectivity index is 1.97. The summed E-state index contributed by atoms with van der Waals surface area (Å²) in [6.45, 7) is 8.63. The van der Waals surface area contributed by atoms with Gasteiger partial charge in [0.1, 0.15) is 11.4 Å². The second-order valence-corrected chi connectivity index (χ2v) is 6.50. The van der Waals surface area contributed by atoms with Crippen LogP contribution in [0.15, 0.2) is 10.9 Å². The second kappa shape index (κ2) is 5.87. The highest BCUT2D eigenvalue weighted by molar-refractivity contribution is 5.68. The molecule has 2 rings (SSSR count). The number of aryl methyl sites for hydroxylation is 1. The summed E-state index contributed by atoms with van der Waals surface area (Å²) >= 11 is 0. The zero-order chi connectivity index (χ0) is 15.6. The molecule has 1 N–H and O–H groups in total. The van der Waals surface area contributed by atoms with Crippen molar-refractivity contribution in [2.45, 2.75) is 52.1 Å². The van der Waals surface area contributed by atoms with E-state index in [1.165, 1.54) is 0 Å². The van der Waals surface area contributed by atoms with E-state index in [0.717, 1.165) is 18.5 Å². The van der Waals surface area contributed by atoms with Gasteiger partial charge >= 0.3 is 6.09 Å². The number of carbonyl (C=O) groups excluding carboxylic acids is 1. The molecule has 1 aromatic heterocycles. The molecule has 1 aliphatic rings. The van der Waals surface area contributed by atoms with E-state index in [4.69, 9.17) is 4.74 Å². The monoisotopic (exact) mass is 293 g/mol. The Hall–Kier alpha value is -1.85. The number of carbonyl (C=O) groups is 1. The molecule has 0 aliphatic carbocycles. The zero-order valence-corrected chi connectivity index (χ0v) is 13.1. The number of aromatic amines is 1. The van der Waals surface area contributed by atoms with Crippen LogP contribution in [0.5, 0.6) is 0 Å². The Morgan fingerprint density at radius 3 is 2.52 bits per heavy atom. The van der Waals surface area contributed by atoms with Gasteiger partial charge in [0, 0.05) is 25.1 Å². The lowest BCUT2D eigenvalue weighted by Gasteiger charge is -2.33. The van der Waals surface area contributed by atoms with E-state index in [1.807, 2.05) is 20.8 Å². The van der Waals surface area contributed by atoms with Crippen LogP contribution in [-0.2, 0) is 4.74 Å². The number of piperidine rings is 1. The van der Waals surface area contributed by atoms with Crippen molar-refractivity contribution in [3.05, 3.63) is 27.9 Å². The third-order valence-electron chi connectivity index (χ3n) is 3.44. The van der Waals surface area contributed by atoms with E-state index in [1.54, 1.807) is 17.9 Å². The highest BCUT2D eigenvalue weighted by atomic mass is 16.6. The van der Waals surface area contributed by atoms with Gasteiger partial charge in [-0.2, -0.15) is 0 Å². The summed E-state index contributed by atoms with van der Waals surface area (Å²) in [4.78, 5) is 32.3. The van der Waals surface area contributed by atoms with Gasteiger partial charge in [0.15, 0.2) is 0 Å². The van der Waals surface area contributed by atoms with Crippen LogP contribution in [-0.4, -0.2) is 39.7 Å². The minimum Gasteiger partial charge on any atom is -0.444 e. The fraction of sp³-hybridized carbons (Fsp3) is 0.667. The van der Waals surface area contributed by atoms with Crippen LogP contribution in [0, 0.1) is 6.92 Å². The van der Waals surface area contributed by atoms with Gasteiger partial charge in [-0.25, -0.2) is 9.78 Å². The molecule has 0 saturated carbocycles. The minimum atomic E-state index is -0.473. The predicted octanol–water partition coefficient (Wildman–Crippen LogP) is 2.19. The summed E-state index contributed by atoms with van der Waals surface area (Å²) in [5.74, 6) is 0.858. The SMILES string of the molecule is Cc1nc(C2CCN(C(=O)OC(C)(C)C)CC2)cc(=O)[nH]1. The first kappa shape index (κ1) is 15.5. The number of nitrogens with one attached hydrogen (secondary N) is 1. The molecule has 0 radical (unpaired) electrons. The van der Waals surface area contributed by atoms with Crippen molar-refractivity contribution < 1.29 is 9.53 Å². The van der Waals surface area contributed by atoms with Gasteiger partial charge < -0.3 is 14.6 Å². The number of nitrogens with zero attached hydrogens (tertiary/aromatic N) is 2. The number of hydrogen-bond acceptors (Lipinski definition) is 4. The van der Waals surface area contributed by atoms with Gasteiger partial charge in [-0.1, -0.05) is 0 Å². The average molecular weight is 293 g/mol. The third kappa shape index (κ3) is 4.31.